The van der Waals surface area contributed by atoms with Crippen molar-refractivity contribution in [2.24, 2.45) is 4.99 Å². The van der Waals surface area contributed by atoms with E-state index < -0.39 is 0 Å². The summed E-state index contributed by atoms with van der Waals surface area (Å²) < 4.78 is 4.69. The van der Waals surface area contributed by atoms with Crippen molar-refractivity contribution in [1.29, 1.82) is 0 Å². The molecule has 34 heavy (non-hydrogen) atoms. The maximum Gasteiger partial charge on any atom is 0.214 e. The monoisotopic (exact) mass is 459 g/mol. The Morgan fingerprint density at radius 1 is 0.559 bits per heavy atom. The van der Waals surface area contributed by atoms with Gasteiger partial charge in [-0.3, -0.25) is 9.13 Å². The van der Waals surface area contributed by atoms with Crippen molar-refractivity contribution in [3.8, 4) is 11.4 Å². The van der Waals surface area contributed by atoms with Crippen LogP contribution in [0.3, 0.4) is 0 Å². The fourth-order valence-corrected chi connectivity index (χ4v) is 4.72. The molecule has 0 aliphatic rings. The summed E-state index contributed by atoms with van der Waals surface area (Å²) in [6.45, 7) is 24.8. The van der Waals surface area contributed by atoms with Crippen LogP contribution in [0.5, 0.6) is 0 Å². The fraction of sp³-hybridized carbons (Fsp3) is 0.516. The van der Waals surface area contributed by atoms with E-state index in [4.69, 9.17) is 4.99 Å². The van der Waals surface area contributed by atoms with Crippen LogP contribution in [-0.4, -0.2) is 14.7 Å². The minimum atomic E-state index is -0.215. The second-order valence-electron chi connectivity index (χ2n) is 11.8. The van der Waals surface area contributed by atoms with Crippen LogP contribution < -0.4 is 5.62 Å². The zero-order valence-electron chi connectivity index (χ0n) is 23.3. The molecule has 0 N–H and O–H groups in total. The molecular formula is C31H45N3. The highest BCUT2D eigenvalue weighted by Crippen LogP contribution is 2.33. The van der Waals surface area contributed by atoms with Crippen LogP contribution in [0.25, 0.3) is 11.4 Å². The Morgan fingerprint density at radius 2 is 0.853 bits per heavy atom. The number of nitrogens with zero attached hydrogens (tertiary/aromatic N) is 3. The fourth-order valence-electron chi connectivity index (χ4n) is 4.72. The molecule has 0 saturated heterocycles. The van der Waals surface area contributed by atoms with Gasteiger partial charge in [0.1, 0.15) is 0 Å². The normalized spacial score (nSPS) is 12.4. The second kappa shape index (κ2) is 9.98. The van der Waals surface area contributed by atoms with Crippen molar-refractivity contribution in [2.75, 3.05) is 0 Å². The van der Waals surface area contributed by atoms with Crippen LogP contribution in [0.1, 0.15) is 122 Å². The van der Waals surface area contributed by atoms with Crippen molar-refractivity contribution >= 4 is 0 Å². The second-order valence-corrected chi connectivity index (χ2v) is 11.8. The quantitative estimate of drug-likeness (QED) is 0.353. The summed E-state index contributed by atoms with van der Waals surface area (Å²) >= 11 is 0. The van der Waals surface area contributed by atoms with E-state index in [0.29, 0.717) is 23.7 Å². The molecule has 0 fully saturated rings. The van der Waals surface area contributed by atoms with E-state index in [1.807, 2.05) is 0 Å². The number of hydrogen-bond donors (Lipinski definition) is 0. The highest BCUT2D eigenvalue weighted by atomic mass is 15.2. The van der Waals surface area contributed by atoms with E-state index in [1.165, 1.54) is 33.6 Å². The van der Waals surface area contributed by atoms with E-state index in [0.717, 1.165) is 5.62 Å². The number of imidazole rings is 1. The lowest BCUT2D eigenvalue weighted by molar-refractivity contribution is 0.544. The molecular weight excluding hydrogens is 414 g/mol. The molecule has 0 amide bonds. The highest BCUT2D eigenvalue weighted by molar-refractivity contribution is 5.54. The molecule has 184 valence electrons. The van der Waals surface area contributed by atoms with Gasteiger partial charge in [0.2, 0.25) is 5.62 Å². The maximum absolute atomic E-state index is 5.33. The summed E-state index contributed by atoms with van der Waals surface area (Å²) in [4.78, 5) is 5.33. The first-order valence-corrected chi connectivity index (χ1v) is 13.0. The summed E-state index contributed by atoms with van der Waals surface area (Å²) in [6.07, 6.45) is 4.44. The van der Waals surface area contributed by atoms with Gasteiger partial charge in [-0.1, -0.05) is 91.8 Å². The molecule has 0 radical (unpaired) electrons. The molecule has 0 unspecified atom stereocenters. The number of benzene rings is 2. The molecule has 1 aromatic heterocycles. The predicted octanol–water partition coefficient (Wildman–Crippen LogP) is 8.46. The summed E-state index contributed by atoms with van der Waals surface area (Å²) in [6, 6.07) is 13.5. The molecule has 3 rings (SSSR count). The molecule has 2 aromatic carbocycles. The average molecular weight is 460 g/mol. The Bertz CT molecular complexity index is 1060. The number of hydrogen-bond acceptors (Lipinski definition) is 1. The Kier molecular flexibility index (Phi) is 7.65. The first-order chi connectivity index (χ1) is 15.8. The molecule has 3 aromatic rings. The van der Waals surface area contributed by atoms with E-state index in [2.05, 4.69) is 134 Å². The minimum absolute atomic E-state index is 0.215. The number of rotatable bonds is 6. The Balaban J connectivity index is 2.52. The van der Waals surface area contributed by atoms with Gasteiger partial charge >= 0.3 is 0 Å². The topological polar surface area (TPSA) is 22.2 Å². The van der Waals surface area contributed by atoms with Crippen LogP contribution in [0.4, 0.5) is 0 Å². The number of aromatic nitrogens is 2. The summed E-state index contributed by atoms with van der Waals surface area (Å²) in [7, 11) is 0. The van der Waals surface area contributed by atoms with Gasteiger partial charge in [0.05, 0.1) is 16.9 Å². The summed E-state index contributed by atoms with van der Waals surface area (Å²) in [5.74, 6) is 1.67. The zero-order valence-corrected chi connectivity index (χ0v) is 23.3. The zero-order chi connectivity index (χ0) is 25.4. The molecule has 0 aliphatic heterocycles. The minimum Gasteiger partial charge on any atom is -0.285 e. The maximum atomic E-state index is 5.33. The van der Waals surface area contributed by atoms with Crippen LogP contribution >= 0.6 is 0 Å². The standard InChI is InChI=1S/C31H45N3/c1-20(2)24-14-12-15-25(21(3)4)28(24)33-18-19-34(30(33)32-31(9,10)11)29-26(22(5)6)16-13-17-27(29)23(7)8/h12-23H,1-11H3. The molecule has 0 atom stereocenters. The van der Waals surface area contributed by atoms with E-state index in [-0.39, 0.29) is 5.54 Å². The van der Waals surface area contributed by atoms with Gasteiger partial charge < -0.3 is 0 Å². The van der Waals surface area contributed by atoms with Gasteiger partial charge in [0.15, 0.2) is 0 Å². The Morgan fingerprint density at radius 3 is 1.09 bits per heavy atom. The van der Waals surface area contributed by atoms with E-state index >= 15 is 0 Å². The molecule has 0 saturated carbocycles. The van der Waals surface area contributed by atoms with Gasteiger partial charge in [0, 0.05) is 12.4 Å². The van der Waals surface area contributed by atoms with Crippen molar-refractivity contribution in [2.45, 2.75) is 105 Å². The molecule has 1 heterocycles. The number of para-hydroxylation sites is 2. The molecule has 3 heteroatoms. The first kappa shape index (κ1) is 26.1. The molecule has 0 spiro atoms. The highest BCUT2D eigenvalue weighted by Gasteiger charge is 2.22. The van der Waals surface area contributed by atoms with Crippen LogP contribution in [0.2, 0.25) is 0 Å². The van der Waals surface area contributed by atoms with Gasteiger partial charge in [-0.25, -0.2) is 4.99 Å². The van der Waals surface area contributed by atoms with Gasteiger partial charge in [-0.15, -0.1) is 0 Å². The largest absolute Gasteiger partial charge is 0.285 e. The van der Waals surface area contributed by atoms with Gasteiger partial charge in [-0.05, 0) is 66.7 Å². The summed E-state index contributed by atoms with van der Waals surface area (Å²) in [5, 5.41) is 0. The van der Waals surface area contributed by atoms with Crippen molar-refractivity contribution in [3.63, 3.8) is 0 Å². The Hall–Kier alpha value is -2.55. The third kappa shape index (κ3) is 5.24. The van der Waals surface area contributed by atoms with Crippen LogP contribution in [0, 0.1) is 0 Å². The van der Waals surface area contributed by atoms with Gasteiger partial charge in [-0.2, -0.15) is 0 Å². The first-order valence-electron chi connectivity index (χ1n) is 13.0. The predicted molar refractivity (Wildman–Crippen MR) is 147 cm³/mol. The van der Waals surface area contributed by atoms with Crippen molar-refractivity contribution in [1.82, 2.24) is 9.13 Å². The SMILES string of the molecule is CC(C)c1cccc(C(C)C)c1-n1ccn(-c2c(C(C)C)cccc2C(C)C)c1=NC(C)(C)C. The molecule has 3 nitrogen and oxygen atoms in total. The lowest BCUT2D eigenvalue weighted by atomic mass is 9.92. The van der Waals surface area contributed by atoms with Crippen LogP contribution in [-0.2, 0) is 0 Å². The average Bonchev–Trinajstić information content (AvgIpc) is 3.13. The van der Waals surface area contributed by atoms with Crippen molar-refractivity contribution < 1.29 is 0 Å². The Labute approximate surface area is 207 Å². The molecule has 0 aliphatic carbocycles. The lowest BCUT2D eigenvalue weighted by Crippen LogP contribution is -2.31. The third-order valence-corrected chi connectivity index (χ3v) is 6.40. The van der Waals surface area contributed by atoms with Crippen molar-refractivity contribution in [3.05, 3.63) is 76.7 Å². The smallest absolute Gasteiger partial charge is 0.214 e. The van der Waals surface area contributed by atoms with Gasteiger partial charge in [0.25, 0.3) is 0 Å². The van der Waals surface area contributed by atoms with E-state index in [1.54, 1.807) is 0 Å². The van der Waals surface area contributed by atoms with Crippen LogP contribution in [0.15, 0.2) is 53.8 Å². The summed E-state index contributed by atoms with van der Waals surface area (Å²) in [5.41, 5.74) is 8.78. The lowest BCUT2D eigenvalue weighted by Gasteiger charge is -2.23. The third-order valence-electron chi connectivity index (χ3n) is 6.40. The molecule has 0 bridgehead atoms. The van der Waals surface area contributed by atoms with E-state index in [9.17, 15) is 0 Å².